The van der Waals surface area contributed by atoms with E-state index in [4.69, 9.17) is 5.73 Å². The average molecular weight is 386 g/mol. The predicted octanol–water partition coefficient (Wildman–Crippen LogP) is 2.12. The summed E-state index contributed by atoms with van der Waals surface area (Å²) in [5.74, 6) is 0.236. The van der Waals surface area contributed by atoms with Gasteiger partial charge in [0.25, 0.3) is 0 Å². The first kappa shape index (κ1) is 24.7. The van der Waals surface area contributed by atoms with E-state index in [1.54, 1.807) is 0 Å². The summed E-state index contributed by atoms with van der Waals surface area (Å²) in [4.78, 5) is 20.6. The second-order valence-electron chi connectivity index (χ2n) is 5.49. The van der Waals surface area contributed by atoms with E-state index in [-0.39, 0.29) is 49.2 Å². The third kappa shape index (κ3) is 8.72. The fourth-order valence-corrected chi connectivity index (χ4v) is 2.39. The van der Waals surface area contributed by atoms with E-state index in [1.807, 2.05) is 36.2 Å². The van der Waals surface area contributed by atoms with Crippen LogP contribution in [0, 0.1) is 0 Å². The van der Waals surface area contributed by atoms with Crippen molar-refractivity contribution in [3.63, 3.8) is 0 Å². The van der Waals surface area contributed by atoms with Crippen molar-refractivity contribution in [3.8, 4) is 0 Å². The minimum atomic E-state index is 0. The van der Waals surface area contributed by atoms with Gasteiger partial charge in [-0.1, -0.05) is 6.07 Å². The minimum absolute atomic E-state index is 0. The molecule has 1 aliphatic heterocycles. The fourth-order valence-electron chi connectivity index (χ4n) is 2.39. The molecule has 0 bridgehead atoms. The zero-order valence-corrected chi connectivity index (χ0v) is 15.8. The lowest BCUT2D eigenvalue weighted by Crippen LogP contribution is -2.48. The van der Waals surface area contributed by atoms with Crippen molar-refractivity contribution in [1.29, 1.82) is 0 Å². The molecule has 2 heterocycles. The maximum absolute atomic E-state index is 12.0. The van der Waals surface area contributed by atoms with Gasteiger partial charge >= 0.3 is 0 Å². The van der Waals surface area contributed by atoms with Crippen molar-refractivity contribution in [2.45, 2.75) is 32.4 Å². The number of hydrogen-bond donors (Lipinski definition) is 1. The molecule has 5 nitrogen and oxygen atoms in total. The number of piperazine rings is 1. The Morgan fingerprint density at radius 3 is 2.39 bits per heavy atom. The van der Waals surface area contributed by atoms with Gasteiger partial charge in [0.1, 0.15) is 0 Å². The molecule has 2 rings (SSSR count). The van der Waals surface area contributed by atoms with Crippen LogP contribution in [0.5, 0.6) is 0 Å². The van der Waals surface area contributed by atoms with Gasteiger partial charge < -0.3 is 10.6 Å². The minimum Gasteiger partial charge on any atom is -0.340 e. The molecule has 23 heavy (non-hydrogen) atoms. The Morgan fingerprint density at radius 1 is 1.22 bits per heavy atom. The number of nitrogens with zero attached hydrogens (tertiary/aromatic N) is 3. The third-order valence-electron chi connectivity index (χ3n) is 3.65. The highest BCUT2D eigenvalue weighted by Gasteiger charge is 2.21. The first-order chi connectivity index (χ1) is 9.65. The van der Waals surface area contributed by atoms with E-state index in [1.165, 1.54) is 0 Å². The van der Waals surface area contributed by atoms with Crippen LogP contribution in [0.1, 0.15) is 25.5 Å². The van der Waals surface area contributed by atoms with Crippen LogP contribution in [0.3, 0.4) is 0 Å². The van der Waals surface area contributed by atoms with Gasteiger partial charge in [-0.15, -0.1) is 37.2 Å². The maximum atomic E-state index is 12.0. The fraction of sp³-hybridized carbons (Fsp3) is 0.600. The molecular weight excluding hydrogens is 359 g/mol. The van der Waals surface area contributed by atoms with Crippen molar-refractivity contribution in [3.05, 3.63) is 30.1 Å². The second-order valence-corrected chi connectivity index (χ2v) is 5.49. The van der Waals surface area contributed by atoms with E-state index in [2.05, 4.69) is 9.88 Å². The van der Waals surface area contributed by atoms with Crippen molar-refractivity contribution in [1.82, 2.24) is 14.8 Å². The molecule has 0 radical (unpaired) electrons. The Bertz CT molecular complexity index is 426. The van der Waals surface area contributed by atoms with Crippen molar-refractivity contribution in [2.75, 3.05) is 26.2 Å². The summed E-state index contributed by atoms with van der Waals surface area (Å²) in [5.41, 5.74) is 6.78. The molecular formula is C15H27Cl3N4O. The van der Waals surface area contributed by atoms with E-state index in [9.17, 15) is 4.79 Å². The molecule has 1 amide bonds. The molecule has 1 aliphatic rings. The van der Waals surface area contributed by atoms with E-state index < -0.39 is 0 Å². The molecule has 8 heteroatoms. The molecule has 0 saturated carbocycles. The number of amides is 1. The number of halogens is 3. The first-order valence-corrected chi connectivity index (χ1v) is 7.31. The topological polar surface area (TPSA) is 62.5 Å². The molecule has 1 aromatic heterocycles. The highest BCUT2D eigenvalue weighted by atomic mass is 35.5. The van der Waals surface area contributed by atoms with Gasteiger partial charge in [-0.2, -0.15) is 0 Å². The van der Waals surface area contributed by atoms with Crippen LogP contribution in [0.4, 0.5) is 0 Å². The summed E-state index contributed by atoms with van der Waals surface area (Å²) in [5, 5.41) is 0. The van der Waals surface area contributed by atoms with Crippen molar-refractivity contribution < 1.29 is 4.79 Å². The van der Waals surface area contributed by atoms with E-state index in [0.29, 0.717) is 6.42 Å². The Balaban J connectivity index is 0. The molecule has 134 valence electrons. The summed E-state index contributed by atoms with van der Waals surface area (Å²) < 4.78 is 0. The van der Waals surface area contributed by atoms with Crippen LogP contribution in [-0.4, -0.2) is 52.9 Å². The number of aromatic nitrogens is 1. The van der Waals surface area contributed by atoms with Crippen molar-refractivity contribution in [2.24, 2.45) is 5.73 Å². The third-order valence-corrected chi connectivity index (χ3v) is 3.65. The van der Waals surface area contributed by atoms with E-state index in [0.717, 1.165) is 44.8 Å². The molecule has 1 aromatic rings. The van der Waals surface area contributed by atoms with Gasteiger partial charge in [-0.25, -0.2) is 0 Å². The monoisotopic (exact) mass is 384 g/mol. The van der Waals surface area contributed by atoms with Crippen LogP contribution < -0.4 is 5.73 Å². The highest BCUT2D eigenvalue weighted by molar-refractivity contribution is 5.86. The van der Waals surface area contributed by atoms with E-state index >= 15 is 0 Å². The summed E-state index contributed by atoms with van der Waals surface area (Å²) in [6, 6.07) is 6.08. The van der Waals surface area contributed by atoms with Gasteiger partial charge in [-0.05, 0) is 25.5 Å². The molecule has 1 fully saturated rings. The zero-order valence-electron chi connectivity index (χ0n) is 13.4. The Morgan fingerprint density at radius 2 is 1.87 bits per heavy atom. The summed E-state index contributed by atoms with van der Waals surface area (Å²) in [6.45, 7) is 6.26. The lowest BCUT2D eigenvalue weighted by atomic mass is 10.1. The quantitative estimate of drug-likeness (QED) is 0.843. The summed E-state index contributed by atoms with van der Waals surface area (Å²) >= 11 is 0. The van der Waals surface area contributed by atoms with Gasteiger partial charge in [0.05, 0.1) is 5.69 Å². The number of nitrogens with two attached hydrogens (primary N) is 1. The lowest BCUT2D eigenvalue weighted by molar-refractivity contribution is -0.133. The first-order valence-electron chi connectivity index (χ1n) is 7.31. The van der Waals surface area contributed by atoms with Crippen LogP contribution in [-0.2, 0) is 11.3 Å². The average Bonchev–Trinajstić information content (AvgIpc) is 2.46. The Kier molecular flexibility index (Phi) is 13.7. The molecule has 1 saturated heterocycles. The Hall–Kier alpha value is -0.590. The summed E-state index contributed by atoms with van der Waals surface area (Å²) in [6.07, 6.45) is 3.16. The normalized spacial score (nSPS) is 15.7. The largest absolute Gasteiger partial charge is 0.340 e. The molecule has 1 unspecified atom stereocenters. The lowest BCUT2D eigenvalue weighted by Gasteiger charge is -2.34. The molecule has 0 aromatic carbocycles. The van der Waals surface area contributed by atoms with Gasteiger partial charge in [0.15, 0.2) is 0 Å². The SMILES string of the molecule is CC(N)CCC(=O)N1CCN(Cc2ccccn2)CC1.Cl.Cl.Cl. The number of pyridine rings is 1. The van der Waals surface area contributed by atoms with Crippen LogP contribution in [0.2, 0.25) is 0 Å². The number of carbonyl (C=O) groups is 1. The van der Waals surface area contributed by atoms with Gasteiger partial charge in [0.2, 0.25) is 5.91 Å². The molecule has 0 aliphatic carbocycles. The van der Waals surface area contributed by atoms with Crippen LogP contribution in [0.25, 0.3) is 0 Å². The van der Waals surface area contributed by atoms with Gasteiger partial charge in [0, 0.05) is 51.4 Å². The standard InChI is InChI=1S/C15H24N4O.3ClH/c1-13(16)5-6-15(20)19-10-8-18(9-11-19)12-14-4-2-3-7-17-14;;;/h2-4,7,13H,5-6,8-12,16H2,1H3;3*1H. The number of hydrogen-bond acceptors (Lipinski definition) is 4. The molecule has 0 spiro atoms. The second kappa shape index (κ2) is 12.8. The zero-order chi connectivity index (χ0) is 14.4. The molecule has 2 N–H and O–H groups in total. The van der Waals surface area contributed by atoms with Crippen molar-refractivity contribution >= 4 is 43.1 Å². The number of rotatable bonds is 5. The highest BCUT2D eigenvalue weighted by Crippen LogP contribution is 2.08. The van der Waals surface area contributed by atoms with Crippen LogP contribution >= 0.6 is 37.2 Å². The summed E-state index contributed by atoms with van der Waals surface area (Å²) in [7, 11) is 0. The van der Waals surface area contributed by atoms with Crippen LogP contribution in [0.15, 0.2) is 24.4 Å². The predicted molar refractivity (Wildman–Crippen MR) is 101 cm³/mol. The molecule has 1 atom stereocenters. The Labute approximate surface area is 157 Å². The smallest absolute Gasteiger partial charge is 0.222 e. The maximum Gasteiger partial charge on any atom is 0.222 e. The van der Waals surface area contributed by atoms with Gasteiger partial charge in [-0.3, -0.25) is 14.7 Å². The number of carbonyl (C=O) groups excluding carboxylic acids is 1.